The maximum atomic E-state index is 13.7. The van der Waals surface area contributed by atoms with Gasteiger partial charge in [0.2, 0.25) is 5.76 Å². The number of furan rings is 1. The van der Waals surface area contributed by atoms with Crippen LogP contribution in [0, 0.1) is 20.2 Å². The summed E-state index contributed by atoms with van der Waals surface area (Å²) in [5.41, 5.74) is 2.15. The maximum Gasteiger partial charge on any atom is 0.433 e. The van der Waals surface area contributed by atoms with Crippen molar-refractivity contribution >= 4 is 50.0 Å². The van der Waals surface area contributed by atoms with E-state index >= 15 is 0 Å². The van der Waals surface area contributed by atoms with E-state index in [1.807, 2.05) is 36.4 Å². The van der Waals surface area contributed by atoms with Crippen LogP contribution in [-0.4, -0.2) is 31.5 Å². The molecule has 1 amide bonds. The van der Waals surface area contributed by atoms with Crippen LogP contribution in [0.25, 0.3) is 22.0 Å². The van der Waals surface area contributed by atoms with Crippen LogP contribution < -0.4 is 5.56 Å². The van der Waals surface area contributed by atoms with Gasteiger partial charge in [-0.1, -0.05) is 58.4 Å². The van der Waals surface area contributed by atoms with E-state index in [4.69, 9.17) is 4.42 Å². The fourth-order valence-corrected chi connectivity index (χ4v) is 5.41. The second-order valence-corrected chi connectivity index (χ2v) is 10.3. The monoisotopic (exact) mass is 627 g/mol. The summed E-state index contributed by atoms with van der Waals surface area (Å²) in [4.78, 5) is 51.6. The highest BCUT2D eigenvalue weighted by atomic mass is 79.9. The van der Waals surface area contributed by atoms with Crippen LogP contribution in [0.3, 0.4) is 0 Å². The largest absolute Gasteiger partial charge is 0.433 e. The van der Waals surface area contributed by atoms with Crippen molar-refractivity contribution in [1.29, 1.82) is 0 Å². The lowest BCUT2D eigenvalue weighted by atomic mass is 9.91. The number of halogens is 1. The van der Waals surface area contributed by atoms with Gasteiger partial charge in [0, 0.05) is 39.5 Å². The second kappa shape index (κ2) is 10.5. The maximum absolute atomic E-state index is 13.7. The smallest absolute Gasteiger partial charge is 0.395 e. The number of nitrogens with one attached hydrogen (secondary N) is 1. The number of rotatable bonds is 6. The number of non-ortho nitro benzene ring substituents is 1. The van der Waals surface area contributed by atoms with Crippen molar-refractivity contribution in [1.82, 2.24) is 9.99 Å². The molecule has 0 aliphatic carbocycles. The highest BCUT2D eigenvalue weighted by Gasteiger charge is 2.38. The number of carbonyl (C=O) groups excluding carboxylic acids is 1. The molecule has 1 aliphatic heterocycles. The molecule has 0 unspecified atom stereocenters. The molecule has 6 rings (SSSR count). The molecule has 0 radical (unpaired) electrons. The first kappa shape index (κ1) is 26.8. The molecule has 3 heterocycles. The number of carbonyl (C=O) groups is 1. The number of nitro groups is 2. The van der Waals surface area contributed by atoms with Crippen LogP contribution >= 0.6 is 15.9 Å². The first-order valence-electron chi connectivity index (χ1n) is 12.5. The highest BCUT2D eigenvalue weighted by molar-refractivity contribution is 9.10. The van der Waals surface area contributed by atoms with E-state index in [2.05, 4.69) is 26.0 Å². The number of H-pyrrole nitrogens is 1. The molecule has 12 nitrogen and oxygen atoms in total. The van der Waals surface area contributed by atoms with Gasteiger partial charge in [0.05, 0.1) is 28.3 Å². The summed E-state index contributed by atoms with van der Waals surface area (Å²) in [5, 5.41) is 29.0. The Labute approximate surface area is 244 Å². The lowest BCUT2D eigenvalue weighted by molar-refractivity contribution is -0.402. The predicted octanol–water partition coefficient (Wildman–Crippen LogP) is 6.36. The van der Waals surface area contributed by atoms with Crippen LogP contribution in [-0.2, 0) is 0 Å². The zero-order valence-electron chi connectivity index (χ0n) is 21.4. The molecule has 0 saturated carbocycles. The van der Waals surface area contributed by atoms with Crippen molar-refractivity contribution in [2.24, 2.45) is 5.10 Å². The molecule has 13 heteroatoms. The number of hydrogen-bond acceptors (Lipinski definition) is 8. The summed E-state index contributed by atoms with van der Waals surface area (Å²) < 4.78 is 5.93. The highest BCUT2D eigenvalue weighted by Crippen LogP contribution is 2.39. The van der Waals surface area contributed by atoms with Crippen LogP contribution in [0.4, 0.5) is 11.6 Å². The molecule has 1 N–H and O–H groups in total. The van der Waals surface area contributed by atoms with Gasteiger partial charge in [0.25, 0.3) is 11.2 Å². The third kappa shape index (κ3) is 4.75. The molecular formula is C29H18BrN5O7. The van der Waals surface area contributed by atoms with E-state index in [-0.39, 0.29) is 29.1 Å². The van der Waals surface area contributed by atoms with Gasteiger partial charge in [-0.3, -0.25) is 29.8 Å². The molecule has 1 aliphatic rings. The van der Waals surface area contributed by atoms with Crippen LogP contribution in [0.2, 0.25) is 0 Å². The van der Waals surface area contributed by atoms with Crippen molar-refractivity contribution in [2.75, 3.05) is 0 Å². The Morgan fingerprint density at radius 1 is 0.952 bits per heavy atom. The fourth-order valence-electron chi connectivity index (χ4n) is 5.05. The number of hydrazone groups is 1. The molecule has 0 spiro atoms. The molecule has 0 bridgehead atoms. The van der Waals surface area contributed by atoms with E-state index in [1.165, 1.54) is 18.2 Å². The number of aromatic amines is 1. The molecule has 2 aromatic heterocycles. The summed E-state index contributed by atoms with van der Waals surface area (Å²) in [6, 6.07) is 21.8. The van der Waals surface area contributed by atoms with Crippen LogP contribution in [0.1, 0.15) is 34.1 Å². The number of fused-ring (bicyclic) bond motifs is 1. The second-order valence-electron chi connectivity index (χ2n) is 9.42. The number of nitrogens with zero attached hydrogens (tertiary/aromatic N) is 4. The molecule has 208 valence electrons. The SMILES string of the molecule is O=C(c1ccc([N+](=O)[O-])o1)N1N=C(c2c(-c3ccccc3)c3cc(Br)ccc3[nH]c2=O)C[C@H]1c1cccc([N+](=O)[O-])c1. The molecule has 5 aromatic rings. The standard InChI is InChI=1S/C29H18BrN5O7/c30-18-9-10-21-20(14-18)26(16-5-2-1-3-6-16)27(28(36)31-21)22-15-23(17-7-4-8-19(13-17)34(38)39)33(32-22)29(37)24-11-12-25(42-24)35(40)41/h1-14,23H,15H2,(H,31,36)/t23-/m0/s1. The van der Waals surface area contributed by atoms with Gasteiger partial charge in [-0.15, -0.1) is 0 Å². The Kier molecular flexibility index (Phi) is 6.71. The number of benzene rings is 3. The van der Waals surface area contributed by atoms with Gasteiger partial charge >= 0.3 is 11.8 Å². The lowest BCUT2D eigenvalue weighted by Gasteiger charge is -2.20. The molecule has 3 aromatic carbocycles. The predicted molar refractivity (Wildman–Crippen MR) is 156 cm³/mol. The molecule has 0 fully saturated rings. The van der Waals surface area contributed by atoms with Crippen molar-refractivity contribution in [3.05, 3.63) is 137 Å². The minimum Gasteiger partial charge on any atom is -0.395 e. The molecule has 1 atom stereocenters. The van der Waals surface area contributed by atoms with Crippen molar-refractivity contribution < 1.29 is 19.1 Å². The summed E-state index contributed by atoms with van der Waals surface area (Å²) >= 11 is 3.50. The van der Waals surface area contributed by atoms with E-state index in [0.717, 1.165) is 32.6 Å². The summed E-state index contributed by atoms with van der Waals surface area (Å²) in [5.74, 6) is -1.78. The van der Waals surface area contributed by atoms with Gasteiger partial charge in [-0.25, -0.2) is 5.01 Å². The molecule has 0 saturated heterocycles. The van der Waals surface area contributed by atoms with Crippen LogP contribution in [0.5, 0.6) is 0 Å². The third-order valence-electron chi connectivity index (χ3n) is 6.89. The zero-order valence-corrected chi connectivity index (χ0v) is 23.0. The Morgan fingerprint density at radius 3 is 2.45 bits per heavy atom. The van der Waals surface area contributed by atoms with E-state index in [1.54, 1.807) is 18.2 Å². The Morgan fingerprint density at radius 2 is 1.74 bits per heavy atom. The zero-order chi connectivity index (χ0) is 29.5. The number of amides is 1. The van der Waals surface area contributed by atoms with Gasteiger partial charge in [0.15, 0.2) is 0 Å². The van der Waals surface area contributed by atoms with Crippen molar-refractivity contribution in [3.8, 4) is 11.1 Å². The Hall–Kier alpha value is -5.43. The first-order chi connectivity index (χ1) is 20.2. The average Bonchev–Trinajstić information content (AvgIpc) is 3.66. The quantitative estimate of drug-likeness (QED) is 0.169. The Balaban J connectivity index is 1.56. The minimum atomic E-state index is -0.877. The fraction of sp³-hybridized carbons (Fsp3) is 0.0690. The summed E-state index contributed by atoms with van der Waals surface area (Å²) in [7, 11) is 0. The van der Waals surface area contributed by atoms with Gasteiger partial charge < -0.3 is 9.40 Å². The Bertz CT molecular complexity index is 2000. The van der Waals surface area contributed by atoms with Gasteiger partial charge in [-0.05, 0) is 35.4 Å². The van der Waals surface area contributed by atoms with Crippen LogP contribution in [0.15, 0.2) is 104 Å². The normalized spacial score (nSPS) is 14.6. The molecule has 42 heavy (non-hydrogen) atoms. The average molecular weight is 628 g/mol. The summed E-state index contributed by atoms with van der Waals surface area (Å²) in [6.45, 7) is 0. The van der Waals surface area contributed by atoms with Crippen molar-refractivity contribution in [2.45, 2.75) is 12.5 Å². The topological polar surface area (TPSA) is 165 Å². The van der Waals surface area contributed by atoms with Crippen molar-refractivity contribution in [3.63, 3.8) is 0 Å². The molecular weight excluding hydrogens is 610 g/mol. The van der Waals surface area contributed by atoms with Gasteiger partial charge in [0.1, 0.15) is 4.92 Å². The number of aromatic nitrogens is 1. The minimum absolute atomic E-state index is 0.0259. The first-order valence-corrected chi connectivity index (χ1v) is 13.3. The summed E-state index contributed by atoms with van der Waals surface area (Å²) in [6.07, 6.45) is 0.0259. The van der Waals surface area contributed by atoms with Gasteiger partial charge in [-0.2, -0.15) is 5.10 Å². The number of hydrogen-bond donors (Lipinski definition) is 1. The number of pyridine rings is 1. The third-order valence-corrected chi connectivity index (χ3v) is 7.39. The van der Waals surface area contributed by atoms with E-state index < -0.39 is 33.2 Å². The van der Waals surface area contributed by atoms with E-state index in [0.29, 0.717) is 16.6 Å². The van der Waals surface area contributed by atoms with E-state index in [9.17, 15) is 29.8 Å². The lowest BCUT2D eigenvalue weighted by Crippen LogP contribution is -2.26. The number of nitro benzene ring substituents is 1.